The SMILES string of the molecule is [2H]c1c([2H])c(N(c2ccc3c(c2)C(C)(C)c2ccccc2-3)c2ccc3c(c2)C(c2ccccc2)(c2ccccc2)c2ccccc2-3)c([2H])c([2H])c1-c1ccc2sc3ccccc3c2c1. The maximum absolute atomic E-state index is 9.93. The summed E-state index contributed by atoms with van der Waals surface area (Å²) in [6.45, 7) is 4.51. The molecule has 2 aliphatic carbocycles. The molecule has 10 aromatic rings. The lowest BCUT2D eigenvalue weighted by molar-refractivity contribution is 0.660. The Morgan fingerprint density at radius 3 is 1.63 bits per heavy atom. The summed E-state index contributed by atoms with van der Waals surface area (Å²) in [4.78, 5) is 1.98. The maximum atomic E-state index is 9.93. The van der Waals surface area contributed by atoms with Crippen molar-refractivity contribution in [3.05, 3.63) is 246 Å². The summed E-state index contributed by atoms with van der Waals surface area (Å²) in [5.74, 6) is 0. The molecule has 0 atom stereocenters. The highest BCUT2D eigenvalue weighted by molar-refractivity contribution is 7.25. The van der Waals surface area contributed by atoms with Gasteiger partial charge in [-0.15, -0.1) is 11.3 Å². The van der Waals surface area contributed by atoms with Crippen molar-refractivity contribution in [3.63, 3.8) is 0 Å². The molecule has 0 fully saturated rings. The average molecular weight is 788 g/mol. The van der Waals surface area contributed by atoms with Crippen molar-refractivity contribution in [2.75, 3.05) is 4.90 Å². The second kappa shape index (κ2) is 13.3. The monoisotopic (exact) mass is 787 g/mol. The van der Waals surface area contributed by atoms with Gasteiger partial charge in [0.1, 0.15) is 0 Å². The van der Waals surface area contributed by atoms with Gasteiger partial charge < -0.3 is 4.90 Å². The van der Waals surface area contributed by atoms with Crippen LogP contribution in [0.1, 0.15) is 52.7 Å². The quantitative estimate of drug-likeness (QED) is 0.162. The minimum absolute atomic E-state index is 0.0785. The zero-order valence-corrected chi connectivity index (χ0v) is 34.1. The van der Waals surface area contributed by atoms with Gasteiger partial charge in [-0.3, -0.25) is 0 Å². The van der Waals surface area contributed by atoms with Gasteiger partial charge in [-0.05, 0) is 121 Å². The third kappa shape index (κ3) is 5.04. The van der Waals surface area contributed by atoms with Crippen molar-refractivity contribution in [2.45, 2.75) is 24.7 Å². The largest absolute Gasteiger partial charge is 0.310 e. The molecule has 284 valence electrons. The first-order chi connectivity index (χ1) is 31.2. The molecule has 2 heteroatoms. The molecule has 1 nitrogen and oxygen atoms in total. The van der Waals surface area contributed by atoms with E-state index >= 15 is 0 Å². The van der Waals surface area contributed by atoms with Crippen molar-refractivity contribution >= 4 is 48.6 Å². The van der Waals surface area contributed by atoms with Crippen LogP contribution in [0.5, 0.6) is 0 Å². The van der Waals surface area contributed by atoms with Crippen LogP contribution in [-0.4, -0.2) is 0 Å². The van der Waals surface area contributed by atoms with E-state index in [1.54, 1.807) is 11.3 Å². The van der Waals surface area contributed by atoms with Crippen LogP contribution in [0.4, 0.5) is 17.1 Å². The number of benzene rings is 9. The van der Waals surface area contributed by atoms with E-state index in [2.05, 4.69) is 172 Å². The Balaban J connectivity index is 1.12. The Morgan fingerprint density at radius 1 is 0.400 bits per heavy atom. The first kappa shape index (κ1) is 31.0. The minimum Gasteiger partial charge on any atom is -0.310 e. The smallest absolute Gasteiger partial charge is 0.0714 e. The highest BCUT2D eigenvalue weighted by Crippen LogP contribution is 2.58. The van der Waals surface area contributed by atoms with Crippen LogP contribution in [-0.2, 0) is 10.8 Å². The van der Waals surface area contributed by atoms with Crippen LogP contribution in [0.25, 0.3) is 53.6 Å². The molecule has 0 radical (unpaired) electrons. The third-order valence-corrected chi connectivity index (χ3v) is 14.2. The molecule has 0 unspecified atom stereocenters. The molecule has 1 aromatic heterocycles. The second-order valence-electron chi connectivity index (χ2n) is 16.5. The molecule has 1 heterocycles. The van der Waals surface area contributed by atoms with Gasteiger partial charge in [0.2, 0.25) is 0 Å². The van der Waals surface area contributed by atoms with Crippen molar-refractivity contribution in [1.82, 2.24) is 0 Å². The standard InChI is InChI=1S/C58H41NS/c1-57(2)51-22-12-9-19-45(51)47-32-30-43(36-53(47)57)59(42-28-25-38(26-29-42)39-27-34-56-50(35-39)49-21-11-14-24-55(49)60-56)44-31-33-48-46-20-10-13-23-52(46)58(54(48)37-44,40-15-5-3-6-16-40)41-17-7-4-8-18-41/h3-37H,1-2H3/i25D,26D,28D,29D. The maximum Gasteiger partial charge on any atom is 0.0714 e. The predicted molar refractivity (Wildman–Crippen MR) is 254 cm³/mol. The third-order valence-electron chi connectivity index (χ3n) is 13.0. The summed E-state index contributed by atoms with van der Waals surface area (Å²) in [5, 5.41) is 2.16. The lowest BCUT2D eigenvalue weighted by Crippen LogP contribution is -2.28. The Bertz CT molecular complexity index is 3470. The van der Waals surface area contributed by atoms with E-state index in [1.165, 1.54) is 21.4 Å². The fourth-order valence-corrected chi connectivity index (χ4v) is 11.3. The van der Waals surface area contributed by atoms with Crippen molar-refractivity contribution < 1.29 is 5.48 Å². The van der Waals surface area contributed by atoms with Crippen molar-refractivity contribution in [3.8, 4) is 33.4 Å². The van der Waals surface area contributed by atoms with E-state index in [0.29, 0.717) is 5.56 Å². The van der Waals surface area contributed by atoms with Crippen LogP contribution in [0, 0.1) is 0 Å². The van der Waals surface area contributed by atoms with E-state index < -0.39 is 5.41 Å². The summed E-state index contributed by atoms with van der Waals surface area (Å²) in [6, 6.07) is 65.5. The molecule has 0 saturated heterocycles. The predicted octanol–water partition coefficient (Wildman–Crippen LogP) is 15.9. The Hall–Kier alpha value is -7.00. The lowest BCUT2D eigenvalue weighted by Gasteiger charge is -2.35. The number of anilines is 3. The molecule has 0 bridgehead atoms. The van der Waals surface area contributed by atoms with E-state index in [0.717, 1.165) is 65.8 Å². The molecule has 60 heavy (non-hydrogen) atoms. The summed E-state index contributed by atoms with van der Waals surface area (Å²) < 4.78 is 41.6. The Morgan fingerprint density at radius 2 is 0.933 bits per heavy atom. The highest BCUT2D eigenvalue weighted by Gasteiger charge is 2.46. The molecule has 0 amide bonds. The van der Waals surface area contributed by atoms with E-state index in [1.807, 2.05) is 35.2 Å². The zero-order valence-electron chi connectivity index (χ0n) is 37.3. The van der Waals surface area contributed by atoms with Crippen molar-refractivity contribution in [2.24, 2.45) is 0 Å². The van der Waals surface area contributed by atoms with Gasteiger partial charge in [-0.25, -0.2) is 0 Å². The molecule has 2 aliphatic rings. The normalized spacial score (nSPS) is 15.0. The average Bonchev–Trinajstić information content (AvgIpc) is 3.93. The minimum atomic E-state index is -0.680. The Kier molecular flexibility index (Phi) is 6.85. The van der Waals surface area contributed by atoms with E-state index in [4.69, 9.17) is 0 Å². The zero-order chi connectivity index (χ0) is 43.5. The number of nitrogens with zero attached hydrogens (tertiary/aromatic N) is 1. The first-order valence-electron chi connectivity index (χ1n) is 22.6. The summed E-state index contributed by atoms with van der Waals surface area (Å²) in [5.41, 5.74) is 13.3. The summed E-state index contributed by atoms with van der Waals surface area (Å²) in [7, 11) is 0. The van der Waals surface area contributed by atoms with Gasteiger partial charge in [-0.1, -0.05) is 172 Å². The van der Waals surface area contributed by atoms with Crippen LogP contribution < -0.4 is 4.90 Å². The lowest BCUT2D eigenvalue weighted by atomic mass is 9.67. The molecular weight excluding hydrogens is 743 g/mol. The molecular formula is C58H41NS. The van der Waals surface area contributed by atoms with Crippen LogP contribution in [0.3, 0.4) is 0 Å². The van der Waals surface area contributed by atoms with Crippen LogP contribution >= 0.6 is 11.3 Å². The summed E-state index contributed by atoms with van der Waals surface area (Å²) >= 11 is 1.71. The molecule has 0 saturated carbocycles. The van der Waals surface area contributed by atoms with Crippen LogP contribution in [0.2, 0.25) is 0 Å². The number of rotatable bonds is 6. The topological polar surface area (TPSA) is 3.24 Å². The van der Waals surface area contributed by atoms with Crippen LogP contribution in [0.15, 0.2) is 212 Å². The Labute approximate surface area is 361 Å². The van der Waals surface area contributed by atoms with Gasteiger partial charge in [0.15, 0.2) is 0 Å². The van der Waals surface area contributed by atoms with E-state index in [-0.39, 0.29) is 40.8 Å². The molecule has 0 aliphatic heterocycles. The molecule has 0 N–H and O–H groups in total. The number of hydrogen-bond donors (Lipinski definition) is 0. The fraction of sp³-hybridized carbons (Fsp3) is 0.0690. The van der Waals surface area contributed by atoms with Crippen molar-refractivity contribution in [1.29, 1.82) is 0 Å². The van der Waals surface area contributed by atoms with Gasteiger partial charge >= 0.3 is 0 Å². The fourth-order valence-electron chi connectivity index (χ4n) is 10.3. The first-order valence-corrected chi connectivity index (χ1v) is 21.4. The van der Waals surface area contributed by atoms with Gasteiger partial charge in [-0.2, -0.15) is 0 Å². The number of thiophene rings is 1. The van der Waals surface area contributed by atoms with Gasteiger partial charge in [0.25, 0.3) is 0 Å². The number of fused-ring (bicyclic) bond motifs is 9. The summed E-state index contributed by atoms with van der Waals surface area (Å²) in [6.07, 6.45) is 0. The molecule has 9 aromatic carbocycles. The van der Waals surface area contributed by atoms with Gasteiger partial charge in [0, 0.05) is 42.6 Å². The number of hydrogen-bond acceptors (Lipinski definition) is 2. The molecule has 12 rings (SSSR count). The molecule has 0 spiro atoms. The second-order valence-corrected chi connectivity index (χ2v) is 17.6. The highest BCUT2D eigenvalue weighted by atomic mass is 32.1. The van der Waals surface area contributed by atoms with Gasteiger partial charge in [0.05, 0.1) is 10.9 Å². The van der Waals surface area contributed by atoms with E-state index in [9.17, 15) is 5.48 Å².